The standard InChI is InChI=1S/C12H20N2O5S/c1-12(8-15,9-16)14-20(17,18)7-6-19-11-4-2-10(13)3-5-11/h2-5,14-16H,6-9,13H2,1H3. The number of sulfonamides is 1. The van der Waals surface area contributed by atoms with E-state index in [4.69, 9.17) is 20.7 Å². The predicted octanol–water partition coefficient (Wildman–Crippen LogP) is -0.690. The van der Waals surface area contributed by atoms with E-state index in [2.05, 4.69) is 4.72 Å². The van der Waals surface area contributed by atoms with Gasteiger partial charge in [0.2, 0.25) is 10.0 Å². The number of ether oxygens (including phenoxy) is 1. The van der Waals surface area contributed by atoms with E-state index in [-0.39, 0.29) is 12.4 Å². The summed E-state index contributed by atoms with van der Waals surface area (Å²) in [5.74, 6) is 0.231. The van der Waals surface area contributed by atoms with Gasteiger partial charge in [0.05, 0.1) is 24.5 Å². The van der Waals surface area contributed by atoms with Crippen LogP contribution in [-0.4, -0.2) is 49.7 Å². The number of rotatable bonds is 8. The number of nitrogens with two attached hydrogens (primary N) is 1. The molecule has 0 aliphatic heterocycles. The minimum Gasteiger partial charge on any atom is -0.492 e. The van der Waals surface area contributed by atoms with Crippen molar-refractivity contribution in [1.82, 2.24) is 4.72 Å². The van der Waals surface area contributed by atoms with E-state index in [1.807, 2.05) is 0 Å². The molecule has 20 heavy (non-hydrogen) atoms. The first-order chi connectivity index (χ1) is 9.30. The number of benzene rings is 1. The van der Waals surface area contributed by atoms with Gasteiger partial charge < -0.3 is 20.7 Å². The molecule has 1 aromatic carbocycles. The molecule has 0 fully saturated rings. The summed E-state index contributed by atoms with van der Waals surface area (Å²) in [5, 5.41) is 18.1. The third kappa shape index (κ3) is 5.33. The van der Waals surface area contributed by atoms with E-state index in [1.165, 1.54) is 6.92 Å². The Bertz CT molecular complexity index is 511. The highest BCUT2D eigenvalue weighted by Gasteiger charge is 2.28. The largest absolute Gasteiger partial charge is 0.492 e. The molecule has 8 heteroatoms. The molecule has 114 valence electrons. The first-order valence-corrected chi connectivity index (χ1v) is 7.67. The zero-order chi connectivity index (χ0) is 15.2. The molecular weight excluding hydrogens is 284 g/mol. The number of nitrogen functional groups attached to an aromatic ring is 1. The van der Waals surface area contributed by atoms with Gasteiger partial charge in [-0.1, -0.05) is 0 Å². The van der Waals surface area contributed by atoms with Gasteiger partial charge in [-0.25, -0.2) is 13.1 Å². The van der Waals surface area contributed by atoms with E-state index < -0.39 is 28.8 Å². The summed E-state index contributed by atoms with van der Waals surface area (Å²) in [6, 6.07) is 6.58. The molecule has 0 amide bonds. The van der Waals surface area contributed by atoms with Crippen molar-refractivity contribution in [3.8, 4) is 5.75 Å². The monoisotopic (exact) mass is 304 g/mol. The molecule has 5 N–H and O–H groups in total. The SMILES string of the molecule is CC(CO)(CO)NS(=O)(=O)CCOc1ccc(N)cc1. The molecule has 1 rings (SSSR count). The van der Waals surface area contributed by atoms with Crippen LogP contribution in [0.5, 0.6) is 5.75 Å². The fraction of sp³-hybridized carbons (Fsp3) is 0.500. The normalized spacial score (nSPS) is 12.3. The van der Waals surface area contributed by atoms with Gasteiger partial charge in [0.15, 0.2) is 0 Å². The van der Waals surface area contributed by atoms with Crippen LogP contribution in [0.15, 0.2) is 24.3 Å². The molecule has 0 unspecified atom stereocenters. The second-order valence-corrected chi connectivity index (χ2v) is 6.56. The van der Waals surface area contributed by atoms with Crippen LogP contribution in [0.4, 0.5) is 5.69 Å². The number of nitrogens with one attached hydrogen (secondary N) is 1. The van der Waals surface area contributed by atoms with Crippen LogP contribution < -0.4 is 15.2 Å². The lowest BCUT2D eigenvalue weighted by Gasteiger charge is -2.25. The van der Waals surface area contributed by atoms with Crippen molar-refractivity contribution in [1.29, 1.82) is 0 Å². The van der Waals surface area contributed by atoms with Crippen molar-refractivity contribution in [2.45, 2.75) is 12.5 Å². The van der Waals surface area contributed by atoms with Gasteiger partial charge in [0, 0.05) is 5.69 Å². The highest BCUT2D eigenvalue weighted by Crippen LogP contribution is 2.13. The molecule has 0 aliphatic carbocycles. The fourth-order valence-electron chi connectivity index (χ4n) is 1.37. The molecule has 0 saturated carbocycles. The molecule has 0 aliphatic rings. The Morgan fingerprint density at radius 2 is 1.80 bits per heavy atom. The maximum atomic E-state index is 11.8. The molecule has 0 heterocycles. The van der Waals surface area contributed by atoms with E-state index >= 15 is 0 Å². The van der Waals surface area contributed by atoms with Gasteiger partial charge in [-0.3, -0.25) is 0 Å². The van der Waals surface area contributed by atoms with E-state index in [9.17, 15) is 8.42 Å². The Morgan fingerprint density at radius 1 is 1.25 bits per heavy atom. The smallest absolute Gasteiger partial charge is 0.215 e. The first-order valence-electron chi connectivity index (χ1n) is 6.02. The van der Waals surface area contributed by atoms with E-state index in [0.29, 0.717) is 11.4 Å². The Labute approximate surface area is 118 Å². The van der Waals surface area contributed by atoms with Gasteiger partial charge in [0.1, 0.15) is 12.4 Å². The number of hydrogen-bond acceptors (Lipinski definition) is 6. The molecule has 0 radical (unpaired) electrons. The summed E-state index contributed by atoms with van der Waals surface area (Å²) in [6.07, 6.45) is 0. The number of aliphatic hydroxyl groups excluding tert-OH is 2. The van der Waals surface area contributed by atoms with Crippen molar-refractivity contribution in [2.75, 3.05) is 31.3 Å². The predicted molar refractivity (Wildman–Crippen MR) is 75.8 cm³/mol. The zero-order valence-corrected chi connectivity index (χ0v) is 12.1. The molecule has 0 atom stereocenters. The van der Waals surface area contributed by atoms with Crippen molar-refractivity contribution < 1.29 is 23.4 Å². The van der Waals surface area contributed by atoms with Crippen molar-refractivity contribution in [2.24, 2.45) is 0 Å². The summed E-state index contributed by atoms with van der Waals surface area (Å²) in [6.45, 7) is 0.362. The lowest BCUT2D eigenvalue weighted by Crippen LogP contribution is -2.52. The number of hydrogen-bond donors (Lipinski definition) is 4. The second-order valence-electron chi connectivity index (χ2n) is 4.72. The van der Waals surface area contributed by atoms with E-state index in [1.54, 1.807) is 24.3 Å². The Balaban J connectivity index is 2.49. The van der Waals surface area contributed by atoms with Gasteiger partial charge in [-0.15, -0.1) is 0 Å². The summed E-state index contributed by atoms with van der Waals surface area (Å²) >= 11 is 0. The third-order valence-corrected chi connectivity index (χ3v) is 4.11. The fourth-order valence-corrected chi connectivity index (χ4v) is 2.66. The number of anilines is 1. The van der Waals surface area contributed by atoms with Crippen LogP contribution in [0.1, 0.15) is 6.92 Å². The van der Waals surface area contributed by atoms with Crippen LogP contribution in [0.3, 0.4) is 0 Å². The summed E-state index contributed by atoms with van der Waals surface area (Å²) < 4.78 is 31.1. The molecular formula is C12H20N2O5S. The lowest BCUT2D eigenvalue weighted by atomic mass is 10.1. The van der Waals surface area contributed by atoms with Crippen LogP contribution in [-0.2, 0) is 10.0 Å². The summed E-state index contributed by atoms with van der Waals surface area (Å²) in [5.41, 5.74) is 4.83. The lowest BCUT2D eigenvalue weighted by molar-refractivity contribution is 0.121. The Morgan fingerprint density at radius 3 is 2.30 bits per heavy atom. The molecule has 0 spiro atoms. The summed E-state index contributed by atoms with van der Waals surface area (Å²) in [7, 11) is -3.66. The van der Waals surface area contributed by atoms with Crippen molar-refractivity contribution >= 4 is 15.7 Å². The van der Waals surface area contributed by atoms with Crippen molar-refractivity contribution in [3.63, 3.8) is 0 Å². The molecule has 1 aromatic rings. The third-order valence-electron chi connectivity index (χ3n) is 2.60. The van der Waals surface area contributed by atoms with Crippen LogP contribution in [0.2, 0.25) is 0 Å². The van der Waals surface area contributed by atoms with Crippen molar-refractivity contribution in [3.05, 3.63) is 24.3 Å². The van der Waals surface area contributed by atoms with Gasteiger partial charge in [-0.2, -0.15) is 0 Å². The minimum absolute atomic E-state index is 0.0494. The number of aliphatic hydroxyl groups is 2. The first kappa shape index (κ1) is 16.7. The maximum Gasteiger partial charge on any atom is 0.215 e. The highest BCUT2D eigenvalue weighted by molar-refractivity contribution is 7.89. The topological polar surface area (TPSA) is 122 Å². The van der Waals surface area contributed by atoms with Gasteiger partial charge in [-0.05, 0) is 31.2 Å². The quantitative estimate of drug-likeness (QED) is 0.472. The maximum absolute atomic E-state index is 11.8. The van der Waals surface area contributed by atoms with Crippen LogP contribution in [0, 0.1) is 0 Å². The van der Waals surface area contributed by atoms with Crippen LogP contribution in [0.25, 0.3) is 0 Å². The van der Waals surface area contributed by atoms with E-state index in [0.717, 1.165) is 0 Å². The Hall–Kier alpha value is -1.35. The average molecular weight is 304 g/mol. The van der Waals surface area contributed by atoms with Crippen LogP contribution >= 0.6 is 0 Å². The van der Waals surface area contributed by atoms with Gasteiger partial charge in [0.25, 0.3) is 0 Å². The minimum atomic E-state index is -3.66. The Kier molecular flexibility index (Phi) is 5.75. The van der Waals surface area contributed by atoms with Gasteiger partial charge >= 0.3 is 0 Å². The zero-order valence-electron chi connectivity index (χ0n) is 11.2. The summed E-state index contributed by atoms with van der Waals surface area (Å²) in [4.78, 5) is 0. The molecule has 0 bridgehead atoms. The molecule has 0 aromatic heterocycles. The highest BCUT2D eigenvalue weighted by atomic mass is 32.2. The average Bonchev–Trinajstić information content (AvgIpc) is 2.40. The molecule has 0 saturated heterocycles. The molecule has 7 nitrogen and oxygen atoms in total. The second kappa shape index (κ2) is 6.89.